The highest BCUT2D eigenvalue weighted by Crippen LogP contribution is 2.30. The van der Waals surface area contributed by atoms with Crippen LogP contribution in [-0.2, 0) is 0 Å². The third kappa shape index (κ3) is 2.13. The maximum Gasteiger partial charge on any atom is 0.121 e. The Bertz CT molecular complexity index is 252. The minimum absolute atomic E-state index is 0.620. The summed E-state index contributed by atoms with van der Waals surface area (Å²) in [6.07, 6.45) is 0. The average molecular weight is 303 g/mol. The highest BCUT2D eigenvalue weighted by atomic mass is 127. The van der Waals surface area contributed by atoms with Crippen LogP contribution in [0.4, 0.5) is 0 Å². The fourth-order valence-electron chi connectivity index (χ4n) is 0.650. The zero-order valence-corrected chi connectivity index (χ0v) is 9.37. The van der Waals surface area contributed by atoms with E-state index in [1.807, 2.05) is 0 Å². The van der Waals surface area contributed by atoms with Crippen LogP contribution >= 0.6 is 45.8 Å². The minimum Gasteiger partial charge on any atom is -0.497 e. The molecule has 0 N–H and O–H groups in total. The first-order valence-electron chi connectivity index (χ1n) is 2.83. The zero-order valence-electron chi connectivity index (χ0n) is 5.70. The van der Waals surface area contributed by atoms with Gasteiger partial charge in [-0.25, -0.2) is 0 Å². The second-order valence-corrected chi connectivity index (χ2v) is 3.80. The molecule has 0 saturated carbocycles. The molecule has 1 aromatic carbocycles. The number of rotatable bonds is 1. The van der Waals surface area contributed by atoms with Gasteiger partial charge in [-0.1, -0.05) is 23.2 Å². The lowest BCUT2D eigenvalue weighted by molar-refractivity contribution is 0.415. The summed E-state index contributed by atoms with van der Waals surface area (Å²) in [5.41, 5.74) is 0. The van der Waals surface area contributed by atoms with E-state index in [0.29, 0.717) is 15.8 Å². The zero-order chi connectivity index (χ0) is 8.43. The molecule has 1 nitrogen and oxygen atoms in total. The molecule has 0 aliphatic heterocycles. The molecule has 0 fully saturated rings. The normalized spacial score (nSPS) is 9.82. The summed E-state index contributed by atoms with van der Waals surface area (Å²) in [6, 6.07) is 3.46. The summed E-state index contributed by atoms with van der Waals surface area (Å²) in [5.74, 6) is 0.681. The Labute approximate surface area is 88.8 Å². The molecule has 0 saturated heterocycles. The summed E-state index contributed by atoms with van der Waals surface area (Å²) >= 11 is 13.7. The number of hydrogen-bond donors (Lipinski definition) is 0. The first kappa shape index (κ1) is 9.42. The highest BCUT2D eigenvalue weighted by molar-refractivity contribution is 14.1. The topological polar surface area (TPSA) is 9.23 Å². The largest absolute Gasteiger partial charge is 0.497 e. The lowest BCUT2D eigenvalue weighted by Crippen LogP contribution is -1.84. The van der Waals surface area contributed by atoms with E-state index in [9.17, 15) is 0 Å². The summed E-state index contributed by atoms with van der Waals surface area (Å²) in [6.45, 7) is 0. The molecule has 1 aromatic rings. The van der Waals surface area contributed by atoms with Crippen LogP contribution in [0.5, 0.6) is 5.75 Å². The minimum atomic E-state index is 0.620. The first-order valence-corrected chi connectivity index (χ1v) is 4.67. The Morgan fingerprint density at radius 3 is 2.09 bits per heavy atom. The predicted molar refractivity (Wildman–Crippen MR) is 55.7 cm³/mol. The summed E-state index contributed by atoms with van der Waals surface area (Å²) in [4.78, 5) is 0. The van der Waals surface area contributed by atoms with Crippen LogP contribution < -0.4 is 4.74 Å². The van der Waals surface area contributed by atoms with Crippen LogP contribution in [0, 0.1) is 3.57 Å². The van der Waals surface area contributed by atoms with Crippen molar-refractivity contribution in [1.29, 1.82) is 0 Å². The summed E-state index contributed by atoms with van der Waals surface area (Å²) < 4.78 is 5.81. The Morgan fingerprint density at radius 1 is 1.27 bits per heavy atom. The third-order valence-electron chi connectivity index (χ3n) is 1.19. The van der Waals surface area contributed by atoms with Crippen LogP contribution in [0.1, 0.15) is 0 Å². The van der Waals surface area contributed by atoms with E-state index in [1.54, 1.807) is 19.2 Å². The van der Waals surface area contributed by atoms with Gasteiger partial charge in [-0.2, -0.15) is 0 Å². The second-order valence-electron chi connectivity index (χ2n) is 1.91. The quantitative estimate of drug-likeness (QED) is 0.569. The monoisotopic (exact) mass is 302 g/mol. The maximum absolute atomic E-state index is 5.83. The number of halogens is 3. The number of ether oxygens (including phenoxy) is 1. The standard InChI is InChI=1S/C7H5Cl2IO/c1-11-4-2-5(8)7(10)6(9)3-4/h2-3H,1H3. The lowest BCUT2D eigenvalue weighted by atomic mass is 10.3. The van der Waals surface area contributed by atoms with Gasteiger partial charge in [0.05, 0.1) is 20.7 Å². The SMILES string of the molecule is COc1cc(Cl)c(I)c(Cl)c1. The van der Waals surface area contributed by atoms with Crippen LogP contribution in [0.3, 0.4) is 0 Å². The Hall–Kier alpha value is 0.330. The van der Waals surface area contributed by atoms with Crippen molar-refractivity contribution in [3.8, 4) is 5.75 Å². The molecule has 0 spiro atoms. The maximum atomic E-state index is 5.83. The van der Waals surface area contributed by atoms with E-state index in [2.05, 4.69) is 22.6 Å². The van der Waals surface area contributed by atoms with E-state index >= 15 is 0 Å². The fraction of sp³-hybridized carbons (Fsp3) is 0.143. The molecule has 0 unspecified atom stereocenters. The van der Waals surface area contributed by atoms with Gasteiger partial charge in [0.1, 0.15) is 5.75 Å². The van der Waals surface area contributed by atoms with Crippen molar-refractivity contribution in [3.63, 3.8) is 0 Å². The highest BCUT2D eigenvalue weighted by Gasteiger charge is 2.04. The first-order chi connectivity index (χ1) is 5.15. The summed E-state index contributed by atoms with van der Waals surface area (Å²) in [5, 5.41) is 1.24. The molecule has 4 heteroatoms. The fourth-order valence-corrected chi connectivity index (χ4v) is 1.43. The van der Waals surface area contributed by atoms with E-state index in [0.717, 1.165) is 3.57 Å². The lowest BCUT2D eigenvalue weighted by Gasteiger charge is -2.03. The van der Waals surface area contributed by atoms with Crippen LogP contribution in [0.25, 0.3) is 0 Å². The Balaban J connectivity index is 3.21. The van der Waals surface area contributed by atoms with E-state index < -0.39 is 0 Å². The molecule has 0 radical (unpaired) electrons. The second kappa shape index (κ2) is 3.83. The molecule has 11 heavy (non-hydrogen) atoms. The van der Waals surface area contributed by atoms with Gasteiger partial charge in [-0.05, 0) is 34.7 Å². The molecule has 0 aromatic heterocycles. The van der Waals surface area contributed by atoms with E-state index in [1.165, 1.54) is 0 Å². The molecule has 60 valence electrons. The van der Waals surface area contributed by atoms with Crippen molar-refractivity contribution in [2.75, 3.05) is 7.11 Å². The van der Waals surface area contributed by atoms with Crippen LogP contribution in [0.15, 0.2) is 12.1 Å². The molecular formula is C7H5Cl2IO. The van der Waals surface area contributed by atoms with Crippen molar-refractivity contribution in [3.05, 3.63) is 25.7 Å². The van der Waals surface area contributed by atoms with Crippen molar-refractivity contribution < 1.29 is 4.74 Å². The number of hydrogen-bond acceptors (Lipinski definition) is 1. The number of methoxy groups -OCH3 is 1. The Morgan fingerprint density at radius 2 is 1.73 bits per heavy atom. The molecule has 0 bridgehead atoms. The van der Waals surface area contributed by atoms with Gasteiger partial charge in [0.25, 0.3) is 0 Å². The van der Waals surface area contributed by atoms with Crippen molar-refractivity contribution in [1.82, 2.24) is 0 Å². The van der Waals surface area contributed by atoms with Gasteiger partial charge in [-0.15, -0.1) is 0 Å². The van der Waals surface area contributed by atoms with Crippen molar-refractivity contribution in [2.24, 2.45) is 0 Å². The van der Waals surface area contributed by atoms with Crippen LogP contribution in [0.2, 0.25) is 10.0 Å². The molecule has 0 heterocycles. The van der Waals surface area contributed by atoms with Gasteiger partial charge < -0.3 is 4.74 Å². The van der Waals surface area contributed by atoms with Gasteiger partial charge in [0.2, 0.25) is 0 Å². The van der Waals surface area contributed by atoms with Gasteiger partial charge in [0, 0.05) is 0 Å². The van der Waals surface area contributed by atoms with Crippen LogP contribution in [-0.4, -0.2) is 7.11 Å². The Kier molecular flexibility index (Phi) is 3.28. The van der Waals surface area contributed by atoms with Crippen molar-refractivity contribution in [2.45, 2.75) is 0 Å². The smallest absolute Gasteiger partial charge is 0.121 e. The van der Waals surface area contributed by atoms with Crippen molar-refractivity contribution >= 4 is 45.8 Å². The molecule has 1 rings (SSSR count). The molecule has 0 aliphatic rings. The molecule has 0 aliphatic carbocycles. The molecular weight excluding hydrogens is 298 g/mol. The van der Waals surface area contributed by atoms with Gasteiger partial charge in [-0.3, -0.25) is 0 Å². The molecule has 0 atom stereocenters. The predicted octanol–water partition coefficient (Wildman–Crippen LogP) is 3.61. The number of benzene rings is 1. The van der Waals surface area contributed by atoms with Gasteiger partial charge >= 0.3 is 0 Å². The molecule has 0 amide bonds. The van der Waals surface area contributed by atoms with Gasteiger partial charge in [0.15, 0.2) is 0 Å². The third-order valence-corrected chi connectivity index (χ3v) is 3.59. The average Bonchev–Trinajstić information content (AvgIpc) is 1.99. The van der Waals surface area contributed by atoms with E-state index in [4.69, 9.17) is 27.9 Å². The summed E-state index contributed by atoms with van der Waals surface area (Å²) in [7, 11) is 1.58. The van der Waals surface area contributed by atoms with E-state index in [-0.39, 0.29) is 0 Å².